The minimum atomic E-state index is -0.844. The van der Waals surface area contributed by atoms with E-state index in [1.165, 1.54) is 35.9 Å². The smallest absolute Gasteiger partial charge is 0.400 e. The number of carbonyl (C=O) groups is 1. The van der Waals surface area contributed by atoms with Crippen molar-refractivity contribution in [1.82, 2.24) is 0 Å². The molecule has 0 amide bonds. The molecule has 0 fully saturated rings. The first-order chi connectivity index (χ1) is 17.7. The van der Waals surface area contributed by atoms with E-state index in [1.54, 1.807) is 6.07 Å². The van der Waals surface area contributed by atoms with Crippen LogP contribution < -0.4 is 10.5 Å². The number of nitro benzene ring substituents is 1. The molecule has 0 unspecified atom stereocenters. The first-order valence-corrected chi connectivity index (χ1v) is 11.4. The molecule has 2 N–H and O–H groups in total. The van der Waals surface area contributed by atoms with E-state index in [-0.39, 0.29) is 29.3 Å². The average molecular weight is 500 g/mol. The molecule has 0 aliphatic carbocycles. The molecule has 0 saturated heterocycles. The second kappa shape index (κ2) is 10.8. The number of ether oxygens (including phenoxy) is 1. The van der Waals surface area contributed by atoms with Crippen LogP contribution in [0.2, 0.25) is 0 Å². The second-order valence-corrected chi connectivity index (χ2v) is 8.73. The van der Waals surface area contributed by atoms with Crippen molar-refractivity contribution in [3.8, 4) is 5.75 Å². The molecule has 3 aromatic carbocycles. The monoisotopic (exact) mass is 499 g/mol. The highest BCUT2D eigenvalue weighted by Gasteiger charge is 2.22. The molecule has 1 aromatic heterocycles. The summed E-state index contributed by atoms with van der Waals surface area (Å²) in [7, 11) is 0. The summed E-state index contributed by atoms with van der Waals surface area (Å²) in [5.74, 6) is 0.0567. The van der Waals surface area contributed by atoms with Gasteiger partial charge >= 0.3 is 5.97 Å². The lowest BCUT2D eigenvalue weighted by Gasteiger charge is -2.26. The van der Waals surface area contributed by atoms with Crippen molar-refractivity contribution >= 4 is 17.5 Å². The van der Waals surface area contributed by atoms with Gasteiger partial charge in [0.25, 0.3) is 5.69 Å². The Morgan fingerprint density at radius 2 is 1.59 bits per heavy atom. The third-order valence-electron chi connectivity index (χ3n) is 5.92. The van der Waals surface area contributed by atoms with Crippen LogP contribution in [0.1, 0.15) is 46.9 Å². The Morgan fingerprint density at radius 1 is 0.946 bits per heavy atom. The van der Waals surface area contributed by atoms with Crippen molar-refractivity contribution in [3.63, 3.8) is 0 Å². The van der Waals surface area contributed by atoms with Gasteiger partial charge in [0.1, 0.15) is 18.1 Å². The molecule has 0 radical (unpaired) electrons. The summed E-state index contributed by atoms with van der Waals surface area (Å²) in [6, 6.07) is 26.5. The molecule has 0 aliphatic heterocycles. The van der Waals surface area contributed by atoms with Crippen molar-refractivity contribution in [3.05, 3.63) is 129 Å². The van der Waals surface area contributed by atoms with Gasteiger partial charge in [0, 0.05) is 23.1 Å². The lowest BCUT2D eigenvalue weighted by molar-refractivity contribution is -0.384. The molecule has 9 nitrogen and oxygen atoms in total. The average Bonchev–Trinajstić information content (AvgIpc) is 3.40. The maximum absolute atomic E-state index is 12.3. The van der Waals surface area contributed by atoms with Crippen LogP contribution in [0.3, 0.4) is 0 Å². The van der Waals surface area contributed by atoms with E-state index in [2.05, 4.69) is 31.1 Å². The maximum atomic E-state index is 12.3. The van der Waals surface area contributed by atoms with Gasteiger partial charge in [-0.15, -0.1) is 0 Å². The second-order valence-electron chi connectivity index (χ2n) is 8.73. The molecule has 0 saturated carbocycles. The maximum Gasteiger partial charge on any atom is 0.400 e. The van der Waals surface area contributed by atoms with Crippen LogP contribution in [0.5, 0.6) is 5.75 Å². The van der Waals surface area contributed by atoms with Crippen LogP contribution in [0.15, 0.2) is 101 Å². The van der Waals surface area contributed by atoms with Crippen LogP contribution in [0.25, 0.3) is 0 Å². The predicted molar refractivity (Wildman–Crippen MR) is 137 cm³/mol. The summed E-state index contributed by atoms with van der Waals surface area (Å²) in [5, 5.41) is 14.3. The molecular formula is C28H25N3O6. The van der Waals surface area contributed by atoms with Crippen molar-refractivity contribution in [1.29, 1.82) is 0 Å². The molecular weight excluding hydrogens is 474 g/mol. The Kier molecular flexibility index (Phi) is 7.34. The standard InChI is InChI=1S/C28H25N3O6/c1-28(2,20-6-4-3-5-7-20)21-10-14-23(15-11-21)35-18-24-16-17-25(36-24)27(32)37-30-26(29)19-8-12-22(13-9-19)31(33)34/h3-17H,18H2,1-2H3,(H2,29,30). The van der Waals surface area contributed by atoms with Crippen molar-refractivity contribution in [2.75, 3.05) is 0 Å². The molecule has 4 rings (SSSR count). The van der Waals surface area contributed by atoms with Crippen molar-refractivity contribution in [2.45, 2.75) is 25.9 Å². The Labute approximate surface area is 213 Å². The van der Waals surface area contributed by atoms with Gasteiger partial charge < -0.3 is 19.7 Å². The van der Waals surface area contributed by atoms with E-state index in [0.717, 1.165) is 5.56 Å². The van der Waals surface area contributed by atoms with Gasteiger partial charge in [-0.2, -0.15) is 0 Å². The van der Waals surface area contributed by atoms with Crippen molar-refractivity contribution < 1.29 is 23.7 Å². The molecule has 37 heavy (non-hydrogen) atoms. The summed E-state index contributed by atoms with van der Waals surface area (Å²) in [4.78, 5) is 27.3. The predicted octanol–water partition coefficient (Wildman–Crippen LogP) is 5.57. The van der Waals surface area contributed by atoms with Crippen LogP contribution >= 0.6 is 0 Å². The number of oxime groups is 1. The van der Waals surface area contributed by atoms with Crippen LogP contribution in [0, 0.1) is 10.1 Å². The fraction of sp³-hybridized carbons (Fsp3) is 0.143. The molecule has 1 heterocycles. The number of nitrogens with zero attached hydrogens (tertiary/aromatic N) is 2. The van der Waals surface area contributed by atoms with Gasteiger partial charge in [-0.1, -0.05) is 61.5 Å². The van der Waals surface area contributed by atoms with Crippen molar-refractivity contribution in [2.24, 2.45) is 10.9 Å². The number of hydrogen-bond donors (Lipinski definition) is 1. The number of furan rings is 1. The lowest BCUT2D eigenvalue weighted by atomic mass is 9.78. The fourth-order valence-electron chi connectivity index (χ4n) is 3.65. The van der Waals surface area contributed by atoms with Gasteiger partial charge in [0.15, 0.2) is 5.84 Å². The lowest BCUT2D eigenvalue weighted by Crippen LogP contribution is -2.18. The summed E-state index contributed by atoms with van der Waals surface area (Å²) in [6.07, 6.45) is 0. The quantitative estimate of drug-likeness (QED) is 0.105. The largest absolute Gasteiger partial charge is 0.486 e. The summed E-state index contributed by atoms with van der Waals surface area (Å²) < 4.78 is 11.3. The fourth-order valence-corrected chi connectivity index (χ4v) is 3.65. The van der Waals surface area contributed by atoms with Crippen LogP contribution in [0.4, 0.5) is 5.69 Å². The number of nitrogens with two attached hydrogens (primary N) is 1. The van der Waals surface area contributed by atoms with E-state index in [1.807, 2.05) is 42.5 Å². The normalized spacial score (nSPS) is 11.7. The highest BCUT2D eigenvalue weighted by Crippen LogP contribution is 2.32. The van der Waals surface area contributed by atoms with E-state index in [9.17, 15) is 14.9 Å². The van der Waals surface area contributed by atoms with E-state index < -0.39 is 10.9 Å². The molecule has 188 valence electrons. The van der Waals surface area contributed by atoms with Crippen LogP contribution in [-0.2, 0) is 16.9 Å². The summed E-state index contributed by atoms with van der Waals surface area (Å²) in [5.41, 5.74) is 8.28. The minimum absolute atomic E-state index is 0.0705. The number of amidine groups is 1. The summed E-state index contributed by atoms with van der Waals surface area (Å²) in [6.45, 7) is 4.46. The topological polar surface area (TPSA) is 130 Å². The number of non-ortho nitro benzene ring substituents is 1. The van der Waals surface area contributed by atoms with Gasteiger partial charge in [0.05, 0.1) is 4.92 Å². The molecule has 0 spiro atoms. The summed E-state index contributed by atoms with van der Waals surface area (Å²) >= 11 is 0. The number of rotatable bonds is 9. The zero-order valence-electron chi connectivity index (χ0n) is 20.3. The molecule has 0 atom stereocenters. The Bertz CT molecular complexity index is 1410. The van der Waals surface area contributed by atoms with E-state index in [4.69, 9.17) is 19.7 Å². The SMILES string of the molecule is CC(C)(c1ccccc1)c1ccc(OCc2ccc(C(=O)O/N=C(\N)c3ccc([N+](=O)[O-])cc3)o2)cc1. The third kappa shape index (κ3) is 6.02. The number of benzene rings is 3. The zero-order chi connectivity index (χ0) is 26.4. The van der Waals surface area contributed by atoms with Gasteiger partial charge in [-0.05, 0) is 47.5 Å². The first kappa shape index (κ1) is 25.2. The Hall–Kier alpha value is -4.92. The molecule has 4 aromatic rings. The molecule has 0 bridgehead atoms. The zero-order valence-corrected chi connectivity index (χ0v) is 20.3. The highest BCUT2D eigenvalue weighted by molar-refractivity contribution is 5.98. The van der Waals surface area contributed by atoms with E-state index in [0.29, 0.717) is 17.1 Å². The highest BCUT2D eigenvalue weighted by atomic mass is 16.7. The Morgan fingerprint density at radius 3 is 2.24 bits per heavy atom. The van der Waals surface area contributed by atoms with Gasteiger partial charge in [-0.3, -0.25) is 10.1 Å². The number of nitro groups is 1. The third-order valence-corrected chi connectivity index (χ3v) is 5.92. The van der Waals surface area contributed by atoms with E-state index >= 15 is 0 Å². The number of hydrogen-bond acceptors (Lipinski definition) is 7. The van der Waals surface area contributed by atoms with Gasteiger partial charge in [0.2, 0.25) is 5.76 Å². The first-order valence-electron chi connectivity index (χ1n) is 11.4. The Balaban J connectivity index is 1.32. The minimum Gasteiger partial charge on any atom is -0.486 e. The van der Waals surface area contributed by atoms with Gasteiger partial charge in [-0.25, -0.2) is 4.79 Å². The molecule has 9 heteroatoms. The molecule has 0 aliphatic rings. The number of carbonyl (C=O) groups excluding carboxylic acids is 1. The van der Waals surface area contributed by atoms with Crippen LogP contribution in [-0.4, -0.2) is 16.7 Å².